The van der Waals surface area contributed by atoms with Gasteiger partial charge in [0.2, 0.25) is 11.8 Å². The van der Waals surface area contributed by atoms with Gasteiger partial charge in [-0.25, -0.2) is 0 Å². The Balaban J connectivity index is 2.37. The highest BCUT2D eigenvalue weighted by atomic mass is 16.5. The lowest BCUT2D eigenvalue weighted by atomic mass is 10.1. The number of nitrogens with one attached hydrogen (secondary N) is 1. The molecule has 0 radical (unpaired) electrons. The second kappa shape index (κ2) is 5.20. The SMILES string of the molecule is COc1ccc(N)cc1C(=O)N1CC(=O)NC(=O)C1C. The number of nitrogen functional groups attached to an aromatic ring is 1. The molecule has 0 aliphatic carbocycles. The summed E-state index contributed by atoms with van der Waals surface area (Å²) >= 11 is 0. The van der Waals surface area contributed by atoms with E-state index < -0.39 is 23.8 Å². The van der Waals surface area contributed by atoms with Crippen LogP contribution in [0.1, 0.15) is 17.3 Å². The maximum Gasteiger partial charge on any atom is 0.258 e. The van der Waals surface area contributed by atoms with E-state index in [0.29, 0.717) is 11.4 Å². The highest BCUT2D eigenvalue weighted by Gasteiger charge is 2.34. The molecule has 1 heterocycles. The molecule has 0 spiro atoms. The molecular formula is C13H15N3O4. The van der Waals surface area contributed by atoms with Crippen LogP contribution in [0.2, 0.25) is 0 Å². The average Bonchev–Trinajstić information content (AvgIpc) is 2.42. The summed E-state index contributed by atoms with van der Waals surface area (Å²) < 4.78 is 5.11. The molecule has 1 aromatic carbocycles. The van der Waals surface area contributed by atoms with Crippen LogP contribution in [-0.4, -0.2) is 42.3 Å². The van der Waals surface area contributed by atoms with Gasteiger partial charge in [0.1, 0.15) is 18.3 Å². The number of carbonyl (C=O) groups is 3. The van der Waals surface area contributed by atoms with Crippen molar-refractivity contribution in [3.05, 3.63) is 23.8 Å². The molecule has 1 aliphatic rings. The van der Waals surface area contributed by atoms with Gasteiger partial charge >= 0.3 is 0 Å². The smallest absolute Gasteiger partial charge is 0.258 e. The lowest BCUT2D eigenvalue weighted by molar-refractivity contribution is -0.138. The molecule has 1 unspecified atom stereocenters. The molecule has 1 aliphatic heterocycles. The van der Waals surface area contributed by atoms with Gasteiger partial charge in [-0.05, 0) is 25.1 Å². The van der Waals surface area contributed by atoms with Crippen LogP contribution in [0.25, 0.3) is 0 Å². The average molecular weight is 277 g/mol. The van der Waals surface area contributed by atoms with Crippen LogP contribution < -0.4 is 15.8 Å². The van der Waals surface area contributed by atoms with Crippen LogP contribution in [0.4, 0.5) is 5.69 Å². The van der Waals surface area contributed by atoms with Gasteiger partial charge in [-0.15, -0.1) is 0 Å². The van der Waals surface area contributed by atoms with Gasteiger partial charge in [-0.1, -0.05) is 0 Å². The number of hydrogen-bond acceptors (Lipinski definition) is 5. The largest absolute Gasteiger partial charge is 0.496 e. The quantitative estimate of drug-likeness (QED) is 0.574. The third kappa shape index (κ3) is 2.42. The van der Waals surface area contributed by atoms with E-state index in [0.717, 1.165) is 0 Å². The maximum atomic E-state index is 12.5. The number of amides is 3. The van der Waals surface area contributed by atoms with Crippen molar-refractivity contribution in [2.24, 2.45) is 0 Å². The molecule has 2 rings (SSSR count). The number of carbonyl (C=O) groups excluding carboxylic acids is 3. The number of rotatable bonds is 2. The first kappa shape index (κ1) is 13.9. The summed E-state index contributed by atoms with van der Waals surface area (Å²) in [4.78, 5) is 36.7. The lowest BCUT2D eigenvalue weighted by Gasteiger charge is -2.32. The van der Waals surface area contributed by atoms with E-state index in [1.165, 1.54) is 18.1 Å². The fourth-order valence-electron chi connectivity index (χ4n) is 2.01. The fraction of sp³-hybridized carbons (Fsp3) is 0.308. The highest BCUT2D eigenvalue weighted by Crippen LogP contribution is 2.24. The summed E-state index contributed by atoms with van der Waals surface area (Å²) in [5.41, 5.74) is 6.29. The Hall–Kier alpha value is -2.57. The van der Waals surface area contributed by atoms with Crippen molar-refractivity contribution in [2.75, 3.05) is 19.4 Å². The first-order valence-corrected chi connectivity index (χ1v) is 6.02. The molecular weight excluding hydrogens is 262 g/mol. The van der Waals surface area contributed by atoms with Gasteiger partial charge in [0.05, 0.1) is 12.7 Å². The molecule has 20 heavy (non-hydrogen) atoms. The van der Waals surface area contributed by atoms with Crippen LogP contribution in [0.15, 0.2) is 18.2 Å². The van der Waals surface area contributed by atoms with E-state index >= 15 is 0 Å². The van der Waals surface area contributed by atoms with E-state index in [-0.39, 0.29) is 12.1 Å². The van der Waals surface area contributed by atoms with Crippen LogP contribution in [-0.2, 0) is 9.59 Å². The Morgan fingerprint density at radius 2 is 2.15 bits per heavy atom. The van der Waals surface area contributed by atoms with Gasteiger partial charge in [0.25, 0.3) is 5.91 Å². The predicted octanol–water partition coefficient (Wildman–Crippen LogP) is -0.236. The summed E-state index contributed by atoms with van der Waals surface area (Å²) in [7, 11) is 1.43. The van der Waals surface area contributed by atoms with Gasteiger partial charge < -0.3 is 15.4 Å². The number of methoxy groups -OCH3 is 1. The summed E-state index contributed by atoms with van der Waals surface area (Å²) in [5.74, 6) is -1.14. The van der Waals surface area contributed by atoms with Crippen molar-refractivity contribution < 1.29 is 19.1 Å². The fourth-order valence-corrected chi connectivity index (χ4v) is 2.01. The summed E-state index contributed by atoms with van der Waals surface area (Å²) in [5, 5.41) is 2.18. The Morgan fingerprint density at radius 3 is 2.80 bits per heavy atom. The van der Waals surface area contributed by atoms with Crippen molar-refractivity contribution in [2.45, 2.75) is 13.0 Å². The molecule has 1 fully saturated rings. The van der Waals surface area contributed by atoms with Crippen molar-refractivity contribution in [3.63, 3.8) is 0 Å². The van der Waals surface area contributed by atoms with Crippen LogP contribution in [0.3, 0.4) is 0 Å². The van der Waals surface area contributed by atoms with Gasteiger partial charge in [0.15, 0.2) is 0 Å². The predicted molar refractivity (Wildman–Crippen MR) is 71.1 cm³/mol. The number of piperazine rings is 1. The van der Waals surface area contributed by atoms with Crippen LogP contribution in [0.5, 0.6) is 5.75 Å². The lowest BCUT2D eigenvalue weighted by Crippen LogP contribution is -2.58. The molecule has 0 bridgehead atoms. The monoisotopic (exact) mass is 277 g/mol. The van der Waals surface area contributed by atoms with Crippen LogP contribution >= 0.6 is 0 Å². The number of nitrogens with two attached hydrogens (primary N) is 1. The van der Waals surface area contributed by atoms with E-state index in [4.69, 9.17) is 10.5 Å². The molecule has 0 saturated carbocycles. The minimum atomic E-state index is -0.730. The minimum absolute atomic E-state index is 0.177. The number of imide groups is 1. The number of benzene rings is 1. The molecule has 0 aromatic heterocycles. The number of nitrogens with zero attached hydrogens (tertiary/aromatic N) is 1. The van der Waals surface area contributed by atoms with Gasteiger partial charge in [-0.2, -0.15) is 0 Å². The molecule has 1 atom stereocenters. The van der Waals surface area contributed by atoms with Gasteiger partial charge in [0, 0.05) is 5.69 Å². The molecule has 3 N–H and O–H groups in total. The molecule has 106 valence electrons. The zero-order valence-electron chi connectivity index (χ0n) is 11.2. The normalized spacial score (nSPS) is 18.7. The molecule has 3 amide bonds. The first-order chi connectivity index (χ1) is 9.43. The zero-order chi connectivity index (χ0) is 14.9. The second-order valence-electron chi connectivity index (χ2n) is 4.48. The third-order valence-electron chi connectivity index (χ3n) is 3.14. The number of ether oxygens (including phenoxy) is 1. The third-order valence-corrected chi connectivity index (χ3v) is 3.14. The number of hydrogen-bond donors (Lipinski definition) is 2. The van der Waals surface area contributed by atoms with E-state index in [1.807, 2.05) is 0 Å². The summed E-state index contributed by atoms with van der Waals surface area (Å²) in [6, 6.07) is 3.91. The Kier molecular flexibility index (Phi) is 3.60. The minimum Gasteiger partial charge on any atom is -0.496 e. The van der Waals surface area contributed by atoms with E-state index in [2.05, 4.69) is 5.32 Å². The molecule has 1 aromatic rings. The van der Waals surface area contributed by atoms with Gasteiger partial charge in [-0.3, -0.25) is 19.7 Å². The van der Waals surface area contributed by atoms with Crippen molar-refractivity contribution in [1.82, 2.24) is 10.2 Å². The summed E-state index contributed by atoms with van der Waals surface area (Å²) in [6.07, 6.45) is 0. The Bertz CT molecular complexity index is 585. The van der Waals surface area contributed by atoms with Crippen LogP contribution in [0, 0.1) is 0 Å². The topological polar surface area (TPSA) is 102 Å². The maximum absolute atomic E-state index is 12.5. The second-order valence-corrected chi connectivity index (χ2v) is 4.48. The zero-order valence-corrected chi connectivity index (χ0v) is 11.2. The van der Waals surface area contributed by atoms with Crippen molar-refractivity contribution in [1.29, 1.82) is 0 Å². The standard InChI is InChI=1S/C13H15N3O4/c1-7-12(18)15-11(17)6-16(7)13(19)9-5-8(14)3-4-10(9)20-2/h3-5,7H,6,14H2,1-2H3,(H,15,17,18). The van der Waals surface area contributed by atoms with Crippen molar-refractivity contribution >= 4 is 23.4 Å². The van der Waals surface area contributed by atoms with E-state index in [1.54, 1.807) is 19.1 Å². The molecule has 1 saturated heterocycles. The van der Waals surface area contributed by atoms with E-state index in [9.17, 15) is 14.4 Å². The van der Waals surface area contributed by atoms with Crippen molar-refractivity contribution in [3.8, 4) is 5.75 Å². The summed E-state index contributed by atoms with van der Waals surface area (Å²) in [6.45, 7) is 1.38. The highest BCUT2D eigenvalue weighted by molar-refractivity contribution is 6.08. The first-order valence-electron chi connectivity index (χ1n) is 6.02. The molecule has 7 nitrogen and oxygen atoms in total. The Labute approximate surface area is 115 Å². The number of anilines is 1. The Morgan fingerprint density at radius 1 is 1.45 bits per heavy atom. The molecule has 7 heteroatoms.